The number of amides is 2. The fourth-order valence-electron chi connectivity index (χ4n) is 2.47. The monoisotopic (exact) mass is 364 g/mol. The third kappa shape index (κ3) is 3.49. The Morgan fingerprint density at radius 2 is 1.48 bits per heavy atom. The SMILES string of the molecule is CCC(NC(=O)Nc1cccc2ccccc12)(C(F)(F)F)C(F)(F)F. The number of fused-ring (bicyclic) bond motifs is 1. The van der Waals surface area contributed by atoms with E-state index in [1.807, 2.05) is 0 Å². The molecule has 0 aliphatic heterocycles. The van der Waals surface area contributed by atoms with E-state index in [2.05, 4.69) is 5.32 Å². The minimum absolute atomic E-state index is 0.102. The molecule has 0 atom stereocenters. The summed E-state index contributed by atoms with van der Waals surface area (Å²) in [4.78, 5) is 11.9. The molecule has 0 spiro atoms. The number of hydrogen-bond acceptors (Lipinski definition) is 1. The first kappa shape index (κ1) is 18.9. The van der Waals surface area contributed by atoms with Gasteiger partial charge in [0.1, 0.15) is 0 Å². The second-order valence-electron chi connectivity index (χ2n) is 5.36. The first-order chi connectivity index (χ1) is 11.5. The Labute approximate surface area is 139 Å². The average molecular weight is 364 g/mol. The predicted molar refractivity (Wildman–Crippen MR) is 81.2 cm³/mol. The molecule has 0 aliphatic carbocycles. The second-order valence-corrected chi connectivity index (χ2v) is 5.36. The van der Waals surface area contributed by atoms with Crippen molar-refractivity contribution >= 4 is 22.5 Å². The summed E-state index contributed by atoms with van der Waals surface area (Å²) in [6.07, 6.45) is -12.8. The molecular weight excluding hydrogens is 350 g/mol. The normalized spacial score (nSPS) is 12.9. The topological polar surface area (TPSA) is 41.1 Å². The van der Waals surface area contributed by atoms with Crippen LogP contribution in [0, 0.1) is 0 Å². The van der Waals surface area contributed by atoms with Gasteiger partial charge in [0.15, 0.2) is 0 Å². The molecule has 2 N–H and O–H groups in total. The van der Waals surface area contributed by atoms with E-state index in [1.165, 1.54) is 12.1 Å². The quantitative estimate of drug-likeness (QED) is 0.719. The minimum atomic E-state index is -5.70. The molecule has 2 rings (SSSR count). The van der Waals surface area contributed by atoms with E-state index < -0.39 is 30.3 Å². The number of carbonyl (C=O) groups is 1. The molecule has 0 bridgehead atoms. The molecule has 2 amide bonds. The van der Waals surface area contributed by atoms with E-state index in [-0.39, 0.29) is 5.69 Å². The molecule has 0 heterocycles. The molecule has 2 aromatic carbocycles. The number of urea groups is 1. The summed E-state index contributed by atoms with van der Waals surface area (Å²) in [7, 11) is 0. The summed E-state index contributed by atoms with van der Waals surface area (Å²) in [6, 6.07) is 9.64. The fraction of sp³-hybridized carbons (Fsp3) is 0.312. The van der Waals surface area contributed by atoms with Crippen LogP contribution in [0.15, 0.2) is 42.5 Å². The van der Waals surface area contributed by atoms with Gasteiger partial charge in [0, 0.05) is 5.39 Å². The van der Waals surface area contributed by atoms with Crippen molar-refractivity contribution in [3.05, 3.63) is 42.5 Å². The lowest BCUT2D eigenvalue weighted by atomic mass is 9.94. The molecule has 9 heteroatoms. The summed E-state index contributed by atoms with van der Waals surface area (Å²) in [6.45, 7) is 0.708. The lowest BCUT2D eigenvalue weighted by molar-refractivity contribution is -0.304. The van der Waals surface area contributed by atoms with Crippen molar-refractivity contribution in [2.24, 2.45) is 0 Å². The van der Waals surface area contributed by atoms with E-state index in [0.717, 1.165) is 5.32 Å². The molecule has 0 fully saturated rings. The van der Waals surface area contributed by atoms with Crippen LogP contribution in [0.1, 0.15) is 13.3 Å². The summed E-state index contributed by atoms with van der Waals surface area (Å²) in [5.41, 5.74) is -4.22. The summed E-state index contributed by atoms with van der Waals surface area (Å²) < 4.78 is 78.4. The first-order valence-electron chi connectivity index (χ1n) is 7.22. The van der Waals surface area contributed by atoms with Gasteiger partial charge >= 0.3 is 18.4 Å². The molecule has 0 radical (unpaired) electrons. The average Bonchev–Trinajstić information content (AvgIpc) is 2.50. The van der Waals surface area contributed by atoms with Gasteiger partial charge in [-0.1, -0.05) is 43.3 Å². The highest BCUT2D eigenvalue weighted by Crippen LogP contribution is 2.45. The lowest BCUT2D eigenvalue weighted by Crippen LogP contribution is -2.67. The maximum absolute atomic E-state index is 13.1. The zero-order valence-electron chi connectivity index (χ0n) is 12.9. The van der Waals surface area contributed by atoms with Crippen molar-refractivity contribution < 1.29 is 31.1 Å². The van der Waals surface area contributed by atoms with Crippen LogP contribution in [-0.4, -0.2) is 23.9 Å². The molecule has 2 aromatic rings. The Hall–Kier alpha value is -2.45. The van der Waals surface area contributed by atoms with Gasteiger partial charge in [0.2, 0.25) is 5.54 Å². The van der Waals surface area contributed by atoms with Crippen LogP contribution in [0.25, 0.3) is 10.8 Å². The van der Waals surface area contributed by atoms with Crippen LogP contribution >= 0.6 is 0 Å². The van der Waals surface area contributed by atoms with Crippen LogP contribution in [0.3, 0.4) is 0 Å². The van der Waals surface area contributed by atoms with Gasteiger partial charge in [-0.05, 0) is 17.9 Å². The Kier molecular flexibility index (Phi) is 4.87. The van der Waals surface area contributed by atoms with Crippen LogP contribution in [0.5, 0.6) is 0 Å². The Morgan fingerprint density at radius 1 is 0.920 bits per heavy atom. The van der Waals surface area contributed by atoms with Crippen LogP contribution < -0.4 is 10.6 Å². The summed E-state index contributed by atoms with van der Waals surface area (Å²) in [5.74, 6) is 0. The number of alkyl halides is 6. The fourth-order valence-corrected chi connectivity index (χ4v) is 2.47. The zero-order valence-corrected chi connectivity index (χ0v) is 12.9. The third-order valence-corrected chi connectivity index (χ3v) is 3.86. The Balaban J connectivity index is 2.33. The maximum atomic E-state index is 13.1. The smallest absolute Gasteiger partial charge is 0.316 e. The molecule has 0 saturated heterocycles. The van der Waals surface area contributed by atoms with Gasteiger partial charge in [-0.2, -0.15) is 26.3 Å². The molecule has 3 nitrogen and oxygen atoms in total. The molecule has 0 aliphatic rings. The third-order valence-electron chi connectivity index (χ3n) is 3.86. The standard InChI is InChI=1S/C16H14F6N2O/c1-2-14(15(17,18)19,16(20,21)22)24-13(25)23-12-9-5-7-10-6-3-4-8-11(10)12/h3-9H,2H2,1H3,(H2,23,24,25). The summed E-state index contributed by atoms with van der Waals surface area (Å²) >= 11 is 0. The van der Waals surface area contributed by atoms with Crippen LogP contribution in [0.2, 0.25) is 0 Å². The van der Waals surface area contributed by atoms with Crippen molar-refractivity contribution in [3.63, 3.8) is 0 Å². The van der Waals surface area contributed by atoms with Crippen molar-refractivity contribution in [1.82, 2.24) is 5.32 Å². The van der Waals surface area contributed by atoms with Crippen LogP contribution in [-0.2, 0) is 0 Å². The van der Waals surface area contributed by atoms with Crippen molar-refractivity contribution in [3.8, 4) is 0 Å². The largest absolute Gasteiger partial charge is 0.420 e. The van der Waals surface area contributed by atoms with E-state index in [4.69, 9.17) is 0 Å². The number of anilines is 1. The highest BCUT2D eigenvalue weighted by molar-refractivity contribution is 6.01. The minimum Gasteiger partial charge on any atom is -0.316 e. The number of benzene rings is 2. The number of rotatable bonds is 3. The van der Waals surface area contributed by atoms with Crippen LogP contribution in [0.4, 0.5) is 36.8 Å². The van der Waals surface area contributed by atoms with Crippen molar-refractivity contribution in [2.45, 2.75) is 31.2 Å². The number of nitrogens with one attached hydrogen (secondary N) is 2. The first-order valence-corrected chi connectivity index (χ1v) is 7.22. The molecule has 0 aromatic heterocycles. The van der Waals surface area contributed by atoms with Gasteiger partial charge < -0.3 is 10.6 Å². The Morgan fingerprint density at radius 3 is 2.04 bits per heavy atom. The number of hydrogen-bond donors (Lipinski definition) is 2. The highest BCUT2D eigenvalue weighted by Gasteiger charge is 2.70. The summed E-state index contributed by atoms with van der Waals surface area (Å²) in [5, 5.41) is 4.30. The van der Waals surface area contributed by atoms with Gasteiger partial charge in [-0.15, -0.1) is 0 Å². The van der Waals surface area contributed by atoms with E-state index in [0.29, 0.717) is 17.7 Å². The van der Waals surface area contributed by atoms with Crippen molar-refractivity contribution in [2.75, 3.05) is 5.32 Å². The molecule has 0 unspecified atom stereocenters. The van der Waals surface area contributed by atoms with E-state index in [1.54, 1.807) is 30.3 Å². The number of halogens is 6. The maximum Gasteiger partial charge on any atom is 0.420 e. The zero-order chi connectivity index (χ0) is 18.9. The molecule has 25 heavy (non-hydrogen) atoms. The van der Waals surface area contributed by atoms with Crippen molar-refractivity contribution in [1.29, 1.82) is 0 Å². The predicted octanol–water partition coefficient (Wildman–Crippen LogP) is 5.23. The molecule has 0 saturated carbocycles. The molecule has 136 valence electrons. The van der Waals surface area contributed by atoms with E-state index >= 15 is 0 Å². The second kappa shape index (κ2) is 6.45. The van der Waals surface area contributed by atoms with E-state index in [9.17, 15) is 31.1 Å². The highest BCUT2D eigenvalue weighted by atomic mass is 19.4. The van der Waals surface area contributed by atoms with Gasteiger partial charge in [-0.3, -0.25) is 0 Å². The van der Waals surface area contributed by atoms with Gasteiger partial charge in [-0.25, -0.2) is 4.79 Å². The van der Waals surface area contributed by atoms with Gasteiger partial charge in [0.05, 0.1) is 5.69 Å². The number of carbonyl (C=O) groups excluding carboxylic acids is 1. The van der Waals surface area contributed by atoms with Gasteiger partial charge in [0.25, 0.3) is 0 Å². The Bertz CT molecular complexity index is 750. The lowest BCUT2D eigenvalue weighted by Gasteiger charge is -2.37. The molecular formula is C16H14F6N2O.